The zero-order valence-electron chi connectivity index (χ0n) is 6.59. The van der Waals surface area contributed by atoms with Crippen molar-refractivity contribution >= 4 is 29.9 Å². The molecule has 4 heteroatoms. The molecule has 1 aromatic rings. The molecule has 0 fully saturated rings. The predicted octanol–water partition coefficient (Wildman–Crippen LogP) is 3.38. The lowest BCUT2D eigenvalue weighted by atomic mass is 10.2. The van der Waals surface area contributed by atoms with E-state index in [1.807, 2.05) is 25.1 Å². The lowest BCUT2D eigenvalue weighted by Gasteiger charge is -1.96. The van der Waals surface area contributed by atoms with E-state index in [9.17, 15) is 0 Å². The first-order valence-corrected chi connectivity index (χ1v) is 3.89. The van der Waals surface area contributed by atoms with Gasteiger partial charge in [0.2, 0.25) is 0 Å². The molecule has 0 saturated heterocycles. The van der Waals surface area contributed by atoms with Crippen LogP contribution in [0.3, 0.4) is 0 Å². The van der Waals surface area contributed by atoms with Gasteiger partial charge in [-0.25, -0.2) is 0 Å². The van der Waals surface area contributed by atoms with Gasteiger partial charge in [0.1, 0.15) is 0 Å². The van der Waals surface area contributed by atoms with Gasteiger partial charge in [-0.15, -0.1) is 5.16 Å². The Bertz CT molecular complexity index is 243. The molecule has 0 unspecified atom stereocenters. The van der Waals surface area contributed by atoms with Crippen molar-refractivity contribution in [2.45, 2.75) is 6.92 Å². The zero-order valence-corrected chi connectivity index (χ0v) is 8.10. The Morgan fingerprint density at radius 1 is 1.33 bits per heavy atom. The van der Waals surface area contributed by atoms with Gasteiger partial charge < -0.3 is 5.21 Å². The maximum Gasteiger partial charge on any atom is 0.0450 e. The van der Waals surface area contributed by atoms with E-state index >= 15 is 0 Å². The number of oxime groups is 1. The van der Waals surface area contributed by atoms with Crippen LogP contribution in [0.4, 0.5) is 0 Å². The maximum absolute atomic E-state index is 7.08. The summed E-state index contributed by atoms with van der Waals surface area (Å²) in [6, 6.07) is 5.48. The van der Waals surface area contributed by atoms with Crippen molar-refractivity contribution in [3.05, 3.63) is 33.8 Å². The largest absolute Gasteiger partial charge is 0.411 e. The van der Waals surface area contributed by atoms with Crippen molar-refractivity contribution in [1.29, 1.82) is 0 Å². The molecule has 1 rings (SSSR count). The van der Waals surface area contributed by atoms with E-state index in [-0.39, 0.29) is 0 Å². The lowest BCUT2D eigenvalue weighted by molar-refractivity contribution is 0.323. The summed E-state index contributed by atoms with van der Waals surface area (Å²) >= 11 is 11.5. The number of halogens is 2. The van der Waals surface area contributed by atoms with Gasteiger partial charge in [-0.05, 0) is 24.6 Å². The smallest absolute Gasteiger partial charge is 0.0450 e. The van der Waals surface area contributed by atoms with Crippen molar-refractivity contribution in [2.75, 3.05) is 0 Å². The minimum absolute atomic E-state index is 0.725. The standard InChI is InChI=1S/C7H6Cl2.CH3NO/c1-5-6(8)3-2-4-7(5)9;1-2-3/h2-4H,1H3;3H,1H2. The number of benzene rings is 1. The number of nitrogens with zero attached hydrogens (tertiary/aromatic N) is 1. The second-order valence-corrected chi connectivity index (χ2v) is 2.80. The third kappa shape index (κ3) is 3.60. The van der Waals surface area contributed by atoms with Gasteiger partial charge in [-0.3, -0.25) is 0 Å². The van der Waals surface area contributed by atoms with Crippen LogP contribution in [-0.4, -0.2) is 11.9 Å². The topological polar surface area (TPSA) is 32.6 Å². The van der Waals surface area contributed by atoms with E-state index in [4.69, 9.17) is 28.4 Å². The second-order valence-electron chi connectivity index (χ2n) is 1.99. The average molecular weight is 206 g/mol. The maximum atomic E-state index is 7.08. The van der Waals surface area contributed by atoms with Crippen LogP contribution < -0.4 is 0 Å². The SMILES string of the molecule is C=NO.Cc1c(Cl)cccc1Cl. The molecule has 0 bridgehead atoms. The van der Waals surface area contributed by atoms with Gasteiger partial charge in [0.15, 0.2) is 0 Å². The molecule has 0 heterocycles. The molecule has 0 amide bonds. The van der Waals surface area contributed by atoms with Crippen LogP contribution in [0.15, 0.2) is 23.4 Å². The molecule has 0 spiro atoms. The average Bonchev–Trinajstić information content (AvgIpc) is 2.02. The van der Waals surface area contributed by atoms with Crippen LogP contribution >= 0.6 is 23.2 Å². The number of hydrogen-bond donors (Lipinski definition) is 1. The van der Waals surface area contributed by atoms with Crippen LogP contribution in [0.2, 0.25) is 10.0 Å². The summed E-state index contributed by atoms with van der Waals surface area (Å²) in [4.78, 5) is 0. The summed E-state index contributed by atoms with van der Waals surface area (Å²) in [5, 5.41) is 10.8. The van der Waals surface area contributed by atoms with Crippen molar-refractivity contribution in [3.63, 3.8) is 0 Å². The Hall–Kier alpha value is -0.730. The van der Waals surface area contributed by atoms with Crippen LogP contribution in [-0.2, 0) is 0 Å². The van der Waals surface area contributed by atoms with Gasteiger partial charge in [0.05, 0.1) is 0 Å². The normalized spacial score (nSPS) is 8.25. The van der Waals surface area contributed by atoms with E-state index in [0.29, 0.717) is 0 Å². The third-order valence-electron chi connectivity index (χ3n) is 1.20. The molecule has 0 radical (unpaired) electrons. The molecule has 0 aromatic heterocycles. The summed E-state index contributed by atoms with van der Waals surface area (Å²) in [6.45, 7) is 4.56. The monoisotopic (exact) mass is 205 g/mol. The Kier molecular flexibility index (Phi) is 5.51. The van der Waals surface area contributed by atoms with Gasteiger partial charge in [0.25, 0.3) is 0 Å². The van der Waals surface area contributed by atoms with Crippen LogP contribution in [0, 0.1) is 6.92 Å². The molecule has 0 atom stereocenters. The Morgan fingerprint density at radius 2 is 1.67 bits per heavy atom. The van der Waals surface area contributed by atoms with Crippen molar-refractivity contribution in [3.8, 4) is 0 Å². The van der Waals surface area contributed by atoms with E-state index in [1.54, 1.807) is 0 Å². The molecule has 0 saturated carbocycles. The summed E-state index contributed by atoms with van der Waals surface area (Å²) < 4.78 is 0. The first kappa shape index (κ1) is 11.3. The summed E-state index contributed by atoms with van der Waals surface area (Å²) in [5.74, 6) is 0. The van der Waals surface area contributed by atoms with E-state index in [1.165, 1.54) is 0 Å². The molecule has 0 aliphatic rings. The van der Waals surface area contributed by atoms with E-state index in [0.717, 1.165) is 15.6 Å². The predicted molar refractivity (Wildman–Crippen MR) is 52.5 cm³/mol. The first-order chi connectivity index (χ1) is 5.63. The highest BCUT2D eigenvalue weighted by Gasteiger charge is 1.96. The van der Waals surface area contributed by atoms with E-state index in [2.05, 4.69) is 11.9 Å². The lowest BCUT2D eigenvalue weighted by Crippen LogP contribution is -1.73. The summed E-state index contributed by atoms with van der Waals surface area (Å²) in [5.41, 5.74) is 0.945. The summed E-state index contributed by atoms with van der Waals surface area (Å²) in [7, 11) is 0. The molecular weight excluding hydrogens is 197 g/mol. The number of hydrogen-bond acceptors (Lipinski definition) is 2. The van der Waals surface area contributed by atoms with Crippen molar-refractivity contribution < 1.29 is 5.21 Å². The fourth-order valence-electron chi connectivity index (χ4n) is 0.581. The fourth-order valence-corrected chi connectivity index (χ4v) is 0.979. The van der Waals surface area contributed by atoms with E-state index < -0.39 is 0 Å². The first-order valence-electron chi connectivity index (χ1n) is 3.14. The second kappa shape index (κ2) is 5.86. The molecular formula is C8H9Cl2NO. The highest BCUT2D eigenvalue weighted by Crippen LogP contribution is 2.21. The molecule has 0 aliphatic heterocycles. The zero-order chi connectivity index (χ0) is 9.56. The van der Waals surface area contributed by atoms with Crippen LogP contribution in [0.5, 0.6) is 0 Å². The van der Waals surface area contributed by atoms with Gasteiger partial charge in [0, 0.05) is 16.8 Å². The Morgan fingerprint density at radius 3 is 1.92 bits per heavy atom. The summed E-state index contributed by atoms with van der Waals surface area (Å²) in [6.07, 6.45) is 0. The van der Waals surface area contributed by atoms with Crippen molar-refractivity contribution in [2.24, 2.45) is 5.16 Å². The highest BCUT2D eigenvalue weighted by molar-refractivity contribution is 6.35. The molecule has 2 nitrogen and oxygen atoms in total. The Labute approximate surface area is 81.4 Å². The molecule has 12 heavy (non-hydrogen) atoms. The van der Waals surface area contributed by atoms with Gasteiger partial charge in [-0.1, -0.05) is 29.3 Å². The number of rotatable bonds is 0. The molecule has 0 aliphatic carbocycles. The quantitative estimate of drug-likeness (QED) is 0.394. The highest BCUT2D eigenvalue weighted by atomic mass is 35.5. The van der Waals surface area contributed by atoms with Gasteiger partial charge in [-0.2, -0.15) is 0 Å². The third-order valence-corrected chi connectivity index (χ3v) is 2.02. The minimum Gasteiger partial charge on any atom is -0.411 e. The minimum atomic E-state index is 0.725. The molecule has 1 N–H and O–H groups in total. The molecule has 1 aromatic carbocycles. The fraction of sp³-hybridized carbons (Fsp3) is 0.125. The van der Waals surface area contributed by atoms with Crippen molar-refractivity contribution in [1.82, 2.24) is 0 Å². The van der Waals surface area contributed by atoms with Crippen LogP contribution in [0.25, 0.3) is 0 Å². The van der Waals surface area contributed by atoms with Gasteiger partial charge >= 0.3 is 0 Å². The Balaban J connectivity index is 0.000000354. The molecule has 66 valence electrons. The van der Waals surface area contributed by atoms with Crippen LogP contribution in [0.1, 0.15) is 5.56 Å².